The normalized spacial score (nSPS) is 30.0. The summed E-state index contributed by atoms with van der Waals surface area (Å²) < 4.78 is 5.82. The van der Waals surface area contributed by atoms with Crippen LogP contribution in [0.3, 0.4) is 0 Å². The van der Waals surface area contributed by atoms with Crippen LogP contribution < -0.4 is 0 Å². The molecule has 0 unspecified atom stereocenters. The quantitative estimate of drug-likeness (QED) is 0.651. The zero-order chi connectivity index (χ0) is 9.84. The zero-order valence-electron chi connectivity index (χ0n) is 9.55. The van der Waals surface area contributed by atoms with Gasteiger partial charge in [-0.2, -0.15) is 0 Å². The molecule has 0 aliphatic heterocycles. The lowest BCUT2D eigenvalue weighted by Crippen LogP contribution is -2.26. The molecule has 0 radical (unpaired) electrons. The summed E-state index contributed by atoms with van der Waals surface area (Å²) in [6.07, 6.45) is 6.25. The summed E-state index contributed by atoms with van der Waals surface area (Å²) in [6.45, 7) is 8.95. The van der Waals surface area contributed by atoms with Crippen LogP contribution in [0.5, 0.6) is 0 Å². The lowest BCUT2D eigenvalue weighted by atomic mass is 9.80. The molecular weight excluding hydrogens is 160 g/mol. The van der Waals surface area contributed by atoms with Crippen molar-refractivity contribution in [3.05, 3.63) is 0 Å². The van der Waals surface area contributed by atoms with Crippen LogP contribution in [0, 0.1) is 11.8 Å². The molecule has 0 bridgehead atoms. The minimum absolute atomic E-state index is 0.403. The highest BCUT2D eigenvalue weighted by Gasteiger charge is 2.23. The molecule has 1 aliphatic carbocycles. The van der Waals surface area contributed by atoms with E-state index in [2.05, 4.69) is 27.7 Å². The van der Waals surface area contributed by atoms with Gasteiger partial charge in [0.1, 0.15) is 0 Å². The van der Waals surface area contributed by atoms with Gasteiger partial charge in [-0.1, -0.05) is 13.8 Å². The van der Waals surface area contributed by atoms with Crippen LogP contribution in [0.15, 0.2) is 0 Å². The summed E-state index contributed by atoms with van der Waals surface area (Å²) in [6, 6.07) is 0. The van der Waals surface area contributed by atoms with Gasteiger partial charge in [-0.05, 0) is 51.4 Å². The molecule has 0 atom stereocenters. The van der Waals surface area contributed by atoms with Gasteiger partial charge in [-0.15, -0.1) is 0 Å². The van der Waals surface area contributed by atoms with Gasteiger partial charge in [0, 0.05) is 0 Å². The van der Waals surface area contributed by atoms with Crippen molar-refractivity contribution in [2.45, 2.75) is 65.6 Å². The van der Waals surface area contributed by atoms with Crippen molar-refractivity contribution in [2.75, 3.05) is 0 Å². The van der Waals surface area contributed by atoms with Crippen LogP contribution in [-0.2, 0) is 4.74 Å². The van der Waals surface area contributed by atoms with Crippen molar-refractivity contribution >= 4 is 0 Å². The van der Waals surface area contributed by atoms with Crippen LogP contribution in [-0.4, -0.2) is 12.2 Å². The first kappa shape index (κ1) is 11.0. The van der Waals surface area contributed by atoms with Crippen LogP contribution in [0.1, 0.15) is 53.4 Å². The third kappa shape index (κ3) is 3.68. The molecular formula is C12H24O. The molecule has 0 saturated heterocycles. The van der Waals surface area contributed by atoms with Crippen molar-refractivity contribution < 1.29 is 4.74 Å². The summed E-state index contributed by atoms with van der Waals surface area (Å²) in [5.74, 6) is 1.81. The maximum atomic E-state index is 5.82. The van der Waals surface area contributed by atoms with Crippen molar-refractivity contribution in [1.29, 1.82) is 0 Å². The molecule has 1 heteroatoms. The first-order valence-corrected chi connectivity index (χ1v) is 5.75. The second-order valence-corrected chi connectivity index (χ2v) is 4.97. The van der Waals surface area contributed by atoms with E-state index in [0.29, 0.717) is 12.2 Å². The fourth-order valence-corrected chi connectivity index (χ4v) is 2.28. The van der Waals surface area contributed by atoms with Crippen LogP contribution in [0.2, 0.25) is 0 Å². The molecule has 0 aromatic rings. The van der Waals surface area contributed by atoms with Crippen molar-refractivity contribution in [1.82, 2.24) is 0 Å². The van der Waals surface area contributed by atoms with Crippen molar-refractivity contribution in [2.24, 2.45) is 11.8 Å². The van der Waals surface area contributed by atoms with Crippen LogP contribution in [0.4, 0.5) is 0 Å². The van der Waals surface area contributed by atoms with E-state index in [1.54, 1.807) is 0 Å². The highest BCUT2D eigenvalue weighted by Crippen LogP contribution is 2.31. The molecule has 0 heterocycles. The maximum Gasteiger partial charge on any atom is 0.0578 e. The van der Waals surface area contributed by atoms with Crippen LogP contribution in [0.25, 0.3) is 0 Å². The summed E-state index contributed by atoms with van der Waals surface area (Å²) in [7, 11) is 0. The monoisotopic (exact) mass is 184 g/mol. The van der Waals surface area contributed by atoms with E-state index in [9.17, 15) is 0 Å². The predicted octanol–water partition coefficient (Wildman–Crippen LogP) is 3.63. The Labute approximate surface area is 82.9 Å². The Balaban J connectivity index is 2.22. The standard InChI is InChI=1S/C12H24O/c1-9(2)11-5-7-12(8-6-11)13-10(3)4/h9-12H,5-8H2,1-4H3/t11-,12-. The third-order valence-electron chi connectivity index (χ3n) is 3.13. The van der Waals surface area contributed by atoms with E-state index < -0.39 is 0 Å². The summed E-state index contributed by atoms with van der Waals surface area (Å²) in [5.41, 5.74) is 0. The molecule has 0 amide bonds. The van der Waals surface area contributed by atoms with Gasteiger partial charge in [0.2, 0.25) is 0 Å². The molecule has 13 heavy (non-hydrogen) atoms. The van der Waals surface area contributed by atoms with E-state index in [1.165, 1.54) is 25.7 Å². The second kappa shape index (κ2) is 4.99. The second-order valence-electron chi connectivity index (χ2n) is 4.97. The van der Waals surface area contributed by atoms with Gasteiger partial charge in [-0.3, -0.25) is 0 Å². The average molecular weight is 184 g/mol. The maximum absolute atomic E-state index is 5.82. The van der Waals surface area contributed by atoms with Crippen LogP contribution >= 0.6 is 0 Å². The number of ether oxygens (including phenoxy) is 1. The number of hydrogen-bond acceptors (Lipinski definition) is 1. The Morgan fingerprint density at radius 2 is 1.46 bits per heavy atom. The van der Waals surface area contributed by atoms with Crippen molar-refractivity contribution in [3.8, 4) is 0 Å². The topological polar surface area (TPSA) is 9.23 Å². The Morgan fingerprint density at radius 3 is 1.85 bits per heavy atom. The minimum atomic E-state index is 0.403. The Kier molecular flexibility index (Phi) is 4.24. The smallest absolute Gasteiger partial charge is 0.0578 e. The Morgan fingerprint density at radius 1 is 0.923 bits per heavy atom. The Bertz CT molecular complexity index is 132. The van der Waals surface area contributed by atoms with Gasteiger partial charge >= 0.3 is 0 Å². The van der Waals surface area contributed by atoms with Gasteiger partial charge in [0.05, 0.1) is 12.2 Å². The average Bonchev–Trinajstić information content (AvgIpc) is 2.04. The molecule has 1 nitrogen and oxygen atoms in total. The minimum Gasteiger partial charge on any atom is -0.376 e. The van der Waals surface area contributed by atoms with Gasteiger partial charge < -0.3 is 4.74 Å². The largest absolute Gasteiger partial charge is 0.376 e. The molecule has 0 aromatic heterocycles. The molecule has 1 saturated carbocycles. The highest BCUT2D eigenvalue weighted by molar-refractivity contribution is 4.75. The lowest BCUT2D eigenvalue weighted by molar-refractivity contribution is -0.0230. The first-order valence-electron chi connectivity index (χ1n) is 5.75. The van der Waals surface area contributed by atoms with Gasteiger partial charge in [0.15, 0.2) is 0 Å². The van der Waals surface area contributed by atoms with Crippen molar-refractivity contribution in [3.63, 3.8) is 0 Å². The van der Waals surface area contributed by atoms with E-state index in [1.807, 2.05) is 0 Å². The highest BCUT2D eigenvalue weighted by atomic mass is 16.5. The zero-order valence-corrected chi connectivity index (χ0v) is 9.55. The Hall–Kier alpha value is -0.0400. The van der Waals surface area contributed by atoms with Gasteiger partial charge in [0.25, 0.3) is 0 Å². The molecule has 0 aromatic carbocycles. The van der Waals surface area contributed by atoms with Gasteiger partial charge in [-0.25, -0.2) is 0 Å². The fourth-order valence-electron chi connectivity index (χ4n) is 2.28. The van der Waals surface area contributed by atoms with E-state index in [4.69, 9.17) is 4.74 Å². The molecule has 1 fully saturated rings. The molecule has 78 valence electrons. The fraction of sp³-hybridized carbons (Fsp3) is 1.00. The lowest BCUT2D eigenvalue weighted by Gasteiger charge is -2.31. The number of rotatable bonds is 3. The van der Waals surface area contributed by atoms with E-state index >= 15 is 0 Å². The number of hydrogen-bond donors (Lipinski definition) is 0. The molecule has 1 aliphatic rings. The summed E-state index contributed by atoms with van der Waals surface area (Å²) >= 11 is 0. The molecule has 0 N–H and O–H groups in total. The summed E-state index contributed by atoms with van der Waals surface area (Å²) in [5, 5.41) is 0. The first-order chi connectivity index (χ1) is 6.09. The summed E-state index contributed by atoms with van der Waals surface area (Å²) in [4.78, 5) is 0. The third-order valence-corrected chi connectivity index (χ3v) is 3.13. The predicted molar refractivity (Wildman–Crippen MR) is 56.8 cm³/mol. The van der Waals surface area contributed by atoms with E-state index in [-0.39, 0.29) is 0 Å². The molecule has 1 rings (SSSR count). The van der Waals surface area contributed by atoms with E-state index in [0.717, 1.165) is 11.8 Å². The molecule has 0 spiro atoms. The SMILES string of the molecule is CC(C)O[C@H]1CC[C@H](C(C)C)CC1.